The van der Waals surface area contributed by atoms with Crippen LogP contribution in [0.1, 0.15) is 49.4 Å². The summed E-state index contributed by atoms with van der Waals surface area (Å²) in [6.45, 7) is 0.0247. The van der Waals surface area contributed by atoms with E-state index in [0.717, 1.165) is 41.6 Å². The van der Waals surface area contributed by atoms with E-state index >= 15 is 0 Å². The van der Waals surface area contributed by atoms with Crippen LogP contribution in [-0.4, -0.2) is 56.3 Å². The lowest BCUT2D eigenvalue weighted by Gasteiger charge is -2.21. The third-order valence-corrected chi connectivity index (χ3v) is 7.66. The topological polar surface area (TPSA) is 95.9 Å². The highest BCUT2D eigenvalue weighted by Gasteiger charge is 2.57. The van der Waals surface area contributed by atoms with Crippen LogP contribution in [-0.2, 0) is 0 Å². The number of hydrogen-bond acceptors (Lipinski definition) is 8. The summed E-state index contributed by atoms with van der Waals surface area (Å²) in [7, 11) is 0. The number of halogens is 5. The second-order valence-electron chi connectivity index (χ2n) is 9.45. The van der Waals surface area contributed by atoms with E-state index in [1.807, 2.05) is 6.07 Å². The zero-order valence-electron chi connectivity index (χ0n) is 19.4. The maximum absolute atomic E-state index is 13.5. The minimum Gasteiger partial charge on any atom is -0.396 e. The summed E-state index contributed by atoms with van der Waals surface area (Å²) in [5.41, 5.74) is 2.71. The number of aliphatic hydroxyl groups excluding tert-OH is 1. The first kappa shape index (κ1) is 25.0. The molecule has 0 saturated heterocycles. The maximum atomic E-state index is 13.5. The van der Waals surface area contributed by atoms with Gasteiger partial charge in [-0.05, 0) is 51.0 Å². The van der Waals surface area contributed by atoms with Gasteiger partial charge in [0.25, 0.3) is 0 Å². The molecule has 3 aromatic rings. The lowest BCUT2D eigenvalue weighted by Crippen LogP contribution is -2.42. The van der Waals surface area contributed by atoms with E-state index in [-0.39, 0.29) is 24.5 Å². The number of aryl methyl sites for hydroxylation is 1. The fourth-order valence-corrected chi connectivity index (χ4v) is 5.57. The number of hydrogen-bond donors (Lipinski definition) is 3. The van der Waals surface area contributed by atoms with Crippen molar-refractivity contribution in [1.82, 2.24) is 19.9 Å². The molecule has 7 nitrogen and oxygen atoms in total. The van der Waals surface area contributed by atoms with E-state index < -0.39 is 18.6 Å². The van der Waals surface area contributed by atoms with Gasteiger partial charge >= 0.3 is 12.1 Å². The van der Waals surface area contributed by atoms with Gasteiger partial charge in [0.1, 0.15) is 16.3 Å². The summed E-state index contributed by atoms with van der Waals surface area (Å²) in [5, 5.41) is 15.5. The molecular formula is C23H25F5N6OS. The van der Waals surface area contributed by atoms with E-state index in [1.165, 1.54) is 11.3 Å². The van der Waals surface area contributed by atoms with Crippen LogP contribution in [0.25, 0.3) is 20.8 Å². The summed E-state index contributed by atoms with van der Waals surface area (Å²) in [6, 6.07) is 1.83. The van der Waals surface area contributed by atoms with Crippen LogP contribution >= 0.6 is 11.3 Å². The van der Waals surface area contributed by atoms with Crippen molar-refractivity contribution in [3.8, 4) is 10.6 Å². The van der Waals surface area contributed by atoms with Crippen LogP contribution in [0, 0.1) is 12.8 Å². The predicted octanol–water partition coefficient (Wildman–Crippen LogP) is 5.52. The van der Waals surface area contributed by atoms with Gasteiger partial charge in [0.2, 0.25) is 5.95 Å². The van der Waals surface area contributed by atoms with Gasteiger partial charge < -0.3 is 15.7 Å². The molecule has 3 N–H and O–H groups in total. The minimum absolute atomic E-state index is 0.0438. The van der Waals surface area contributed by atoms with Crippen LogP contribution in [0.2, 0.25) is 0 Å². The molecule has 1 unspecified atom stereocenters. The van der Waals surface area contributed by atoms with Crippen LogP contribution in [0.5, 0.6) is 0 Å². The Morgan fingerprint density at radius 1 is 1.08 bits per heavy atom. The van der Waals surface area contributed by atoms with Crippen molar-refractivity contribution in [2.75, 3.05) is 23.8 Å². The number of aromatic nitrogens is 4. The number of thiazole rings is 1. The molecule has 2 atom stereocenters. The first-order valence-corrected chi connectivity index (χ1v) is 12.6. The normalized spacial score (nSPS) is 20.8. The maximum Gasteiger partial charge on any atom is 0.455 e. The van der Waals surface area contributed by atoms with Gasteiger partial charge in [-0.25, -0.2) is 9.97 Å². The Morgan fingerprint density at radius 2 is 1.86 bits per heavy atom. The Balaban J connectivity index is 1.51. The van der Waals surface area contributed by atoms with Crippen molar-refractivity contribution >= 4 is 33.3 Å². The molecule has 0 amide bonds. The summed E-state index contributed by atoms with van der Waals surface area (Å²) < 4.78 is 65.9. The third kappa shape index (κ3) is 4.95. The molecule has 2 aliphatic rings. The van der Waals surface area contributed by atoms with E-state index in [1.54, 1.807) is 13.1 Å². The number of anilines is 2. The highest BCUT2D eigenvalue weighted by molar-refractivity contribution is 7.21. The van der Waals surface area contributed by atoms with Gasteiger partial charge in [-0.2, -0.15) is 26.9 Å². The Bertz CT molecular complexity index is 1260. The molecule has 36 heavy (non-hydrogen) atoms. The van der Waals surface area contributed by atoms with Crippen molar-refractivity contribution in [2.45, 2.75) is 63.1 Å². The molecule has 0 spiro atoms. The lowest BCUT2D eigenvalue weighted by molar-refractivity contribution is -0.275. The average molecular weight is 529 g/mol. The van der Waals surface area contributed by atoms with Crippen LogP contribution < -0.4 is 10.6 Å². The Morgan fingerprint density at radius 3 is 2.53 bits per heavy atom. The average Bonchev–Trinajstić information content (AvgIpc) is 3.40. The number of nitrogens with one attached hydrogen (secondary N) is 2. The standard InChI is InChI=1S/C23H25F5N6OS/c1-11-16(20-33-18-15(36-20)6-7-29-17(18)13-3-4-13)19(32-14-5-2-12(8-14)9-35)34-21(31-11)30-10-22(24,25)23(26,27)28/h6-7,12-14,35H,2-5,8-10H2,1H3,(H2,30,31,32,34)/t12?,14-/m0/s1. The summed E-state index contributed by atoms with van der Waals surface area (Å²) >= 11 is 1.43. The van der Waals surface area contributed by atoms with E-state index in [9.17, 15) is 27.1 Å². The molecule has 0 bridgehead atoms. The molecule has 194 valence electrons. The summed E-state index contributed by atoms with van der Waals surface area (Å²) in [5.74, 6) is -4.44. The van der Waals surface area contributed by atoms with E-state index in [0.29, 0.717) is 34.4 Å². The molecule has 5 rings (SSSR count). The van der Waals surface area contributed by atoms with Crippen molar-refractivity contribution < 1.29 is 27.1 Å². The smallest absolute Gasteiger partial charge is 0.396 e. The highest BCUT2D eigenvalue weighted by Crippen LogP contribution is 2.44. The van der Waals surface area contributed by atoms with Gasteiger partial charge in [0, 0.05) is 24.8 Å². The Hall–Kier alpha value is -2.67. The number of rotatable bonds is 8. The van der Waals surface area contributed by atoms with Crippen molar-refractivity contribution in [3.05, 3.63) is 23.7 Å². The van der Waals surface area contributed by atoms with Crippen molar-refractivity contribution in [1.29, 1.82) is 0 Å². The first-order chi connectivity index (χ1) is 17.1. The molecule has 2 saturated carbocycles. The molecule has 3 heterocycles. The van der Waals surface area contributed by atoms with Gasteiger partial charge in [-0.3, -0.25) is 4.98 Å². The fourth-order valence-electron chi connectivity index (χ4n) is 4.51. The Kier molecular flexibility index (Phi) is 6.48. The highest BCUT2D eigenvalue weighted by atomic mass is 32.1. The van der Waals surface area contributed by atoms with E-state index in [2.05, 4.69) is 25.6 Å². The largest absolute Gasteiger partial charge is 0.455 e. The minimum atomic E-state index is -5.69. The molecule has 0 aromatic carbocycles. The molecule has 2 fully saturated rings. The molecule has 3 aromatic heterocycles. The third-order valence-electron chi connectivity index (χ3n) is 6.63. The number of fused-ring (bicyclic) bond motifs is 1. The Labute approximate surface area is 207 Å². The fraction of sp³-hybridized carbons (Fsp3) is 0.565. The van der Waals surface area contributed by atoms with Gasteiger partial charge in [0.05, 0.1) is 28.2 Å². The zero-order valence-corrected chi connectivity index (χ0v) is 20.2. The van der Waals surface area contributed by atoms with Crippen LogP contribution in [0.15, 0.2) is 12.3 Å². The molecule has 2 aliphatic carbocycles. The number of alkyl halides is 5. The summed E-state index contributed by atoms with van der Waals surface area (Å²) in [6.07, 6.45) is 0.445. The van der Waals surface area contributed by atoms with Gasteiger partial charge in [-0.1, -0.05) is 0 Å². The first-order valence-electron chi connectivity index (χ1n) is 11.8. The summed E-state index contributed by atoms with van der Waals surface area (Å²) in [4.78, 5) is 17.8. The van der Waals surface area contributed by atoms with Crippen molar-refractivity contribution in [2.24, 2.45) is 5.92 Å². The zero-order chi connectivity index (χ0) is 25.7. The van der Waals surface area contributed by atoms with Crippen molar-refractivity contribution in [3.63, 3.8) is 0 Å². The van der Waals surface area contributed by atoms with Crippen LogP contribution in [0.3, 0.4) is 0 Å². The van der Waals surface area contributed by atoms with Gasteiger partial charge in [0.15, 0.2) is 0 Å². The van der Waals surface area contributed by atoms with Gasteiger partial charge in [-0.15, -0.1) is 11.3 Å². The molecular weight excluding hydrogens is 503 g/mol. The number of pyridine rings is 1. The quantitative estimate of drug-likeness (QED) is 0.332. The number of nitrogens with zero attached hydrogens (tertiary/aromatic N) is 4. The number of aliphatic hydroxyl groups is 1. The SMILES string of the molecule is Cc1nc(NCC(F)(F)C(F)(F)F)nc(N[C@H]2CCC(CO)C2)c1-c1nc2c(C3CC3)nccc2s1. The molecule has 0 radical (unpaired) electrons. The second-order valence-corrected chi connectivity index (χ2v) is 10.5. The van der Waals surface area contributed by atoms with E-state index in [4.69, 9.17) is 4.98 Å². The van der Waals surface area contributed by atoms with Crippen LogP contribution in [0.4, 0.5) is 33.7 Å². The second kappa shape index (κ2) is 9.33. The monoisotopic (exact) mass is 528 g/mol. The molecule has 0 aliphatic heterocycles. The molecule has 13 heteroatoms. The predicted molar refractivity (Wildman–Crippen MR) is 126 cm³/mol. The lowest BCUT2D eigenvalue weighted by atomic mass is 10.1.